The monoisotopic (exact) mass is 271 g/mol. The van der Waals surface area contributed by atoms with Crippen molar-refractivity contribution in [2.75, 3.05) is 6.54 Å². The predicted molar refractivity (Wildman–Crippen MR) is 73.3 cm³/mol. The lowest BCUT2D eigenvalue weighted by molar-refractivity contribution is 0.159. The van der Waals surface area contributed by atoms with Crippen LogP contribution in [-0.2, 0) is 0 Å². The van der Waals surface area contributed by atoms with Crippen LogP contribution in [0.5, 0.6) is 0 Å². The third-order valence-electron chi connectivity index (χ3n) is 2.81. The average Bonchev–Trinajstić information content (AvgIpc) is 2.36. The minimum atomic E-state index is -0.418. The smallest absolute Gasteiger partial charge is 0.141 e. The fourth-order valence-electron chi connectivity index (χ4n) is 1.62. The second-order valence-corrected chi connectivity index (χ2v) is 4.73. The Morgan fingerprint density at radius 3 is 2.89 bits per heavy atom. The minimum absolute atomic E-state index is 0.0153. The van der Waals surface area contributed by atoms with Crippen molar-refractivity contribution >= 4 is 11.6 Å². The molecule has 18 heavy (non-hydrogen) atoms. The number of rotatable bonds is 7. The number of halogens is 2. The summed E-state index contributed by atoms with van der Waals surface area (Å²) in [7, 11) is 0. The molecule has 0 heterocycles. The quantitative estimate of drug-likeness (QED) is 0.745. The maximum atomic E-state index is 13.0. The Morgan fingerprint density at radius 2 is 2.28 bits per heavy atom. The van der Waals surface area contributed by atoms with E-state index >= 15 is 0 Å². The van der Waals surface area contributed by atoms with Crippen LogP contribution >= 0.6 is 11.6 Å². The van der Waals surface area contributed by atoms with Crippen molar-refractivity contribution in [3.05, 3.63) is 47.3 Å². The fourth-order valence-corrected chi connectivity index (χ4v) is 1.81. The summed E-state index contributed by atoms with van der Waals surface area (Å²) in [6.07, 6.45) is 2.86. The lowest BCUT2D eigenvalue weighted by atomic mass is 10.1. The van der Waals surface area contributed by atoms with Gasteiger partial charge < -0.3 is 10.4 Å². The third kappa shape index (κ3) is 4.77. The van der Waals surface area contributed by atoms with Crippen molar-refractivity contribution in [1.82, 2.24) is 5.32 Å². The Kier molecular flexibility index (Phi) is 6.33. The van der Waals surface area contributed by atoms with E-state index in [1.165, 1.54) is 6.07 Å². The van der Waals surface area contributed by atoms with Gasteiger partial charge in [-0.15, -0.1) is 6.58 Å². The zero-order valence-electron chi connectivity index (χ0n) is 10.5. The van der Waals surface area contributed by atoms with Crippen LogP contribution in [0.4, 0.5) is 4.39 Å². The Bertz CT molecular complexity index is 397. The van der Waals surface area contributed by atoms with Gasteiger partial charge in [0.05, 0.1) is 11.1 Å². The zero-order valence-corrected chi connectivity index (χ0v) is 11.3. The lowest BCUT2D eigenvalue weighted by Gasteiger charge is -2.17. The van der Waals surface area contributed by atoms with Gasteiger partial charge in [-0.3, -0.25) is 0 Å². The summed E-state index contributed by atoms with van der Waals surface area (Å²) >= 11 is 5.73. The van der Waals surface area contributed by atoms with E-state index in [-0.39, 0.29) is 11.1 Å². The molecule has 1 rings (SSSR count). The van der Waals surface area contributed by atoms with E-state index in [1.807, 2.05) is 6.92 Å². The number of nitrogens with one attached hydrogen (secondary N) is 1. The van der Waals surface area contributed by atoms with Gasteiger partial charge in [0.25, 0.3) is 0 Å². The van der Waals surface area contributed by atoms with Gasteiger partial charge in [0, 0.05) is 12.6 Å². The molecule has 0 aliphatic carbocycles. The molecule has 1 aromatic carbocycles. The highest BCUT2D eigenvalue weighted by Gasteiger charge is 2.10. The first kappa shape index (κ1) is 15.2. The molecular weight excluding hydrogens is 253 g/mol. The van der Waals surface area contributed by atoms with Gasteiger partial charge in [-0.2, -0.15) is 0 Å². The van der Waals surface area contributed by atoms with Gasteiger partial charge in [0.1, 0.15) is 5.82 Å². The van der Waals surface area contributed by atoms with E-state index < -0.39 is 11.9 Å². The molecule has 0 aliphatic rings. The molecule has 2 nitrogen and oxygen atoms in total. The molecule has 0 radical (unpaired) electrons. The predicted octanol–water partition coefficient (Wildman–Crippen LogP) is 3.46. The molecule has 2 atom stereocenters. The van der Waals surface area contributed by atoms with Crippen molar-refractivity contribution in [2.24, 2.45) is 0 Å². The van der Waals surface area contributed by atoms with Crippen LogP contribution in [0.1, 0.15) is 31.4 Å². The Hall–Kier alpha value is -0.900. The molecule has 2 N–H and O–H groups in total. The first-order valence-electron chi connectivity index (χ1n) is 6.02. The number of benzene rings is 1. The number of aliphatic hydroxyl groups excluding tert-OH is 1. The molecule has 0 saturated carbocycles. The molecule has 4 heteroatoms. The fraction of sp³-hybridized carbons (Fsp3) is 0.429. The van der Waals surface area contributed by atoms with E-state index in [4.69, 9.17) is 11.6 Å². The van der Waals surface area contributed by atoms with Crippen molar-refractivity contribution in [3.8, 4) is 0 Å². The maximum Gasteiger partial charge on any atom is 0.141 e. The summed E-state index contributed by atoms with van der Waals surface area (Å²) in [6.45, 7) is 6.05. The number of allylic oxidation sites excluding steroid dienone is 1. The van der Waals surface area contributed by atoms with Crippen LogP contribution in [0.2, 0.25) is 5.02 Å². The van der Waals surface area contributed by atoms with Crippen LogP contribution in [0.3, 0.4) is 0 Å². The third-order valence-corrected chi connectivity index (χ3v) is 3.10. The standard InChI is InChI=1S/C14H19ClFNO/c1-3-4-5-12(18)9-17-10(2)11-6-7-14(16)13(15)8-11/h3,6-8,10,12,17-18H,1,4-5,9H2,2H3. The maximum absolute atomic E-state index is 13.0. The van der Waals surface area contributed by atoms with Gasteiger partial charge in [-0.1, -0.05) is 23.7 Å². The molecule has 0 aromatic heterocycles. The molecule has 2 unspecified atom stereocenters. The van der Waals surface area contributed by atoms with E-state index in [0.29, 0.717) is 13.0 Å². The molecule has 0 fully saturated rings. The molecule has 0 bridgehead atoms. The first-order chi connectivity index (χ1) is 8.54. The SMILES string of the molecule is C=CCCC(O)CNC(C)c1ccc(F)c(Cl)c1. The zero-order chi connectivity index (χ0) is 13.5. The van der Waals surface area contributed by atoms with E-state index in [9.17, 15) is 9.50 Å². The second kappa shape index (κ2) is 7.52. The Balaban J connectivity index is 2.47. The molecule has 0 amide bonds. The highest BCUT2D eigenvalue weighted by Crippen LogP contribution is 2.20. The van der Waals surface area contributed by atoms with Crippen molar-refractivity contribution < 1.29 is 9.50 Å². The highest BCUT2D eigenvalue weighted by molar-refractivity contribution is 6.30. The van der Waals surface area contributed by atoms with Crippen molar-refractivity contribution in [1.29, 1.82) is 0 Å². The minimum Gasteiger partial charge on any atom is -0.392 e. The van der Waals surface area contributed by atoms with Crippen molar-refractivity contribution in [3.63, 3.8) is 0 Å². The van der Waals surface area contributed by atoms with Gasteiger partial charge in [-0.25, -0.2) is 4.39 Å². The number of hydrogen-bond donors (Lipinski definition) is 2. The molecular formula is C14H19ClFNO. The molecule has 0 aliphatic heterocycles. The highest BCUT2D eigenvalue weighted by atomic mass is 35.5. The summed E-state index contributed by atoms with van der Waals surface area (Å²) in [6, 6.07) is 4.66. The number of aliphatic hydroxyl groups is 1. The van der Waals surface area contributed by atoms with Crippen LogP contribution in [-0.4, -0.2) is 17.8 Å². The van der Waals surface area contributed by atoms with Gasteiger partial charge in [0.2, 0.25) is 0 Å². The average molecular weight is 272 g/mol. The van der Waals surface area contributed by atoms with Crippen molar-refractivity contribution in [2.45, 2.75) is 31.9 Å². The van der Waals surface area contributed by atoms with Crippen LogP contribution < -0.4 is 5.32 Å². The van der Waals surface area contributed by atoms with Gasteiger partial charge in [0.15, 0.2) is 0 Å². The molecule has 100 valence electrons. The van der Waals surface area contributed by atoms with Crippen LogP contribution in [0, 0.1) is 5.82 Å². The summed E-state index contributed by atoms with van der Waals surface area (Å²) in [4.78, 5) is 0. The van der Waals surface area contributed by atoms with E-state index in [1.54, 1.807) is 18.2 Å². The lowest BCUT2D eigenvalue weighted by Crippen LogP contribution is -2.29. The van der Waals surface area contributed by atoms with Gasteiger partial charge in [-0.05, 0) is 37.5 Å². The topological polar surface area (TPSA) is 32.3 Å². The van der Waals surface area contributed by atoms with Crippen LogP contribution in [0.25, 0.3) is 0 Å². The Labute approximate surface area is 112 Å². The second-order valence-electron chi connectivity index (χ2n) is 4.32. The summed E-state index contributed by atoms with van der Waals surface area (Å²) < 4.78 is 13.0. The van der Waals surface area contributed by atoms with Crippen LogP contribution in [0.15, 0.2) is 30.9 Å². The molecule has 0 spiro atoms. The van der Waals surface area contributed by atoms with E-state index in [0.717, 1.165) is 12.0 Å². The molecule has 1 aromatic rings. The number of hydrogen-bond acceptors (Lipinski definition) is 2. The summed E-state index contributed by atoms with van der Waals surface area (Å²) in [5.74, 6) is -0.418. The first-order valence-corrected chi connectivity index (χ1v) is 6.39. The molecule has 0 saturated heterocycles. The summed E-state index contributed by atoms with van der Waals surface area (Å²) in [5.41, 5.74) is 0.900. The largest absolute Gasteiger partial charge is 0.392 e. The summed E-state index contributed by atoms with van der Waals surface area (Å²) in [5, 5.41) is 13.0. The Morgan fingerprint density at radius 1 is 1.56 bits per heavy atom. The van der Waals surface area contributed by atoms with E-state index in [2.05, 4.69) is 11.9 Å². The van der Waals surface area contributed by atoms with Gasteiger partial charge >= 0.3 is 0 Å². The normalized spacial score (nSPS) is 14.2.